The molecule has 4 amide bonds. The van der Waals surface area contributed by atoms with Crippen LogP contribution in [-0.2, 0) is 20.8 Å². The second-order valence-electron chi connectivity index (χ2n) is 15.7. The Labute approximate surface area is 316 Å². The van der Waals surface area contributed by atoms with Crippen LogP contribution in [0.2, 0.25) is 0 Å². The minimum absolute atomic E-state index is 0.0650. The monoisotopic (exact) mass is 780 g/mol. The van der Waals surface area contributed by atoms with Crippen molar-refractivity contribution in [2.24, 2.45) is 0 Å². The number of imide groups is 1. The number of rotatable bonds is 5. The zero-order valence-electron chi connectivity index (χ0n) is 32.0. The molecule has 52 heavy (non-hydrogen) atoms. The summed E-state index contributed by atoms with van der Waals surface area (Å²) in [4.78, 5) is 56.6. The van der Waals surface area contributed by atoms with Crippen molar-refractivity contribution in [3.8, 4) is 0 Å². The van der Waals surface area contributed by atoms with Gasteiger partial charge >= 0.3 is 18.3 Å². The van der Waals surface area contributed by atoms with Gasteiger partial charge in [-0.05, 0) is 117 Å². The topological polar surface area (TPSA) is 127 Å². The number of aryl methyl sites for hydroxylation is 1. The van der Waals surface area contributed by atoms with Gasteiger partial charge in [-0.2, -0.15) is 0 Å². The van der Waals surface area contributed by atoms with Gasteiger partial charge in [0.25, 0.3) is 5.91 Å². The van der Waals surface area contributed by atoms with E-state index >= 15 is 0 Å². The molecule has 4 rings (SSSR count). The molecule has 1 fully saturated rings. The number of benzene rings is 2. The number of hydrogen-bond donors (Lipinski definition) is 1. The van der Waals surface area contributed by atoms with E-state index in [1.165, 1.54) is 16.0 Å². The molecule has 0 radical (unpaired) electrons. The molecule has 2 aromatic carbocycles. The van der Waals surface area contributed by atoms with E-state index in [0.29, 0.717) is 36.8 Å². The van der Waals surface area contributed by atoms with Gasteiger partial charge in [-0.15, -0.1) is 0 Å². The van der Waals surface area contributed by atoms with Gasteiger partial charge in [0.2, 0.25) is 0 Å². The maximum absolute atomic E-state index is 13.4. The Morgan fingerprint density at radius 1 is 0.808 bits per heavy atom. The molecule has 1 aliphatic heterocycles. The number of carbonyl (C=O) groups is 4. The van der Waals surface area contributed by atoms with Crippen molar-refractivity contribution < 1.29 is 33.4 Å². The number of amides is 4. The minimum Gasteiger partial charge on any atom is -0.443 e. The number of piperidine rings is 1. The highest BCUT2D eigenvalue weighted by Crippen LogP contribution is 2.30. The number of nitrogens with one attached hydrogen (secondary N) is 1. The highest BCUT2D eigenvalue weighted by atomic mass is 79.9. The SMILES string of the molecule is CC(C)(C)OC(=O)NC(=O)OC(C)(C)C.Cc1cccc(C2CCN(C(=O)c3cncc(N(Cc4ccc(Br)cc4)C(=O)OC(C)(C)C)c3)CC2)c1. The predicted molar refractivity (Wildman–Crippen MR) is 205 cm³/mol. The van der Waals surface area contributed by atoms with Crippen LogP contribution in [0.25, 0.3) is 0 Å². The second kappa shape index (κ2) is 17.9. The van der Waals surface area contributed by atoms with Crippen molar-refractivity contribution in [1.82, 2.24) is 15.2 Å². The van der Waals surface area contributed by atoms with Crippen molar-refractivity contribution in [2.45, 2.75) is 111 Å². The van der Waals surface area contributed by atoms with E-state index < -0.39 is 35.1 Å². The number of hydrogen-bond acceptors (Lipinski definition) is 8. The lowest BCUT2D eigenvalue weighted by Crippen LogP contribution is -2.39. The van der Waals surface area contributed by atoms with Crippen LogP contribution in [0, 0.1) is 6.92 Å². The third-order valence-corrected chi connectivity index (χ3v) is 7.98. The largest absolute Gasteiger partial charge is 0.443 e. The van der Waals surface area contributed by atoms with Crippen LogP contribution in [0.1, 0.15) is 108 Å². The Morgan fingerprint density at radius 3 is 1.88 bits per heavy atom. The quantitative estimate of drug-likeness (QED) is 0.254. The number of halogens is 1. The van der Waals surface area contributed by atoms with Gasteiger partial charge in [-0.3, -0.25) is 14.7 Å². The van der Waals surface area contributed by atoms with Crippen molar-refractivity contribution in [3.05, 3.63) is 93.7 Å². The van der Waals surface area contributed by atoms with Crippen LogP contribution in [0.5, 0.6) is 0 Å². The van der Waals surface area contributed by atoms with E-state index in [4.69, 9.17) is 14.2 Å². The van der Waals surface area contributed by atoms with Gasteiger partial charge in [-0.25, -0.2) is 19.7 Å². The summed E-state index contributed by atoms with van der Waals surface area (Å²) in [5.74, 6) is 0.395. The summed E-state index contributed by atoms with van der Waals surface area (Å²) in [5, 5.41) is 1.97. The molecular formula is C40H53BrN4O7. The zero-order valence-corrected chi connectivity index (χ0v) is 33.6. The molecule has 0 aliphatic carbocycles. The molecule has 1 aromatic heterocycles. The van der Waals surface area contributed by atoms with Crippen LogP contribution in [-0.4, -0.2) is 64.0 Å². The number of nitrogens with zero attached hydrogens (tertiary/aromatic N) is 3. The van der Waals surface area contributed by atoms with Gasteiger partial charge in [0, 0.05) is 23.8 Å². The number of ether oxygens (including phenoxy) is 3. The molecule has 1 N–H and O–H groups in total. The summed E-state index contributed by atoms with van der Waals surface area (Å²) in [7, 11) is 0. The maximum Gasteiger partial charge on any atom is 0.417 e. The van der Waals surface area contributed by atoms with Gasteiger partial charge in [0.1, 0.15) is 16.8 Å². The number of likely N-dealkylation sites (tertiary alicyclic amines) is 1. The number of pyridine rings is 1. The summed E-state index contributed by atoms with van der Waals surface area (Å²) in [6.07, 6.45) is 2.93. The molecule has 12 heteroatoms. The molecule has 0 atom stereocenters. The first-order valence-electron chi connectivity index (χ1n) is 17.4. The molecule has 1 saturated heterocycles. The van der Waals surface area contributed by atoms with Gasteiger partial charge < -0.3 is 19.1 Å². The van der Waals surface area contributed by atoms with Gasteiger partial charge in [-0.1, -0.05) is 57.9 Å². The van der Waals surface area contributed by atoms with Crippen molar-refractivity contribution in [2.75, 3.05) is 18.0 Å². The zero-order chi connectivity index (χ0) is 38.9. The Bertz CT molecular complexity index is 1660. The molecule has 11 nitrogen and oxygen atoms in total. The molecule has 0 spiro atoms. The first-order chi connectivity index (χ1) is 24.1. The van der Waals surface area contributed by atoms with E-state index in [-0.39, 0.29) is 5.91 Å². The first kappa shape index (κ1) is 42.0. The van der Waals surface area contributed by atoms with E-state index in [2.05, 4.69) is 52.1 Å². The molecule has 0 saturated carbocycles. The molecule has 3 aromatic rings. The Hall–Kier alpha value is -4.45. The summed E-state index contributed by atoms with van der Waals surface area (Å²) in [6, 6.07) is 18.1. The van der Waals surface area contributed by atoms with E-state index in [0.717, 1.165) is 22.9 Å². The second-order valence-corrected chi connectivity index (χ2v) is 16.6. The smallest absolute Gasteiger partial charge is 0.417 e. The van der Waals surface area contributed by atoms with Gasteiger partial charge in [0.05, 0.1) is 24.0 Å². The number of alkyl carbamates (subject to hydrolysis) is 2. The fourth-order valence-electron chi connectivity index (χ4n) is 5.26. The molecular weight excluding hydrogens is 728 g/mol. The summed E-state index contributed by atoms with van der Waals surface area (Å²) >= 11 is 3.45. The number of anilines is 1. The van der Waals surface area contributed by atoms with Crippen LogP contribution >= 0.6 is 15.9 Å². The lowest BCUT2D eigenvalue weighted by atomic mass is 9.88. The standard InChI is InChI=1S/C30H34BrN3O3.C10H19NO4/c1-21-6-5-7-24(16-21)23-12-14-33(15-13-23)28(35)25-17-27(19-32-18-25)34(29(36)37-30(2,3)4)20-22-8-10-26(31)11-9-22;1-9(2,3)14-7(12)11-8(13)15-10(4,5)6/h5-11,16-19,23H,12-15,20H2,1-4H3;1-6H3,(H,11,12,13). The normalized spacial score (nSPS) is 13.6. The maximum atomic E-state index is 13.4. The van der Waals surface area contributed by atoms with Gasteiger partial charge in [0.15, 0.2) is 0 Å². The average Bonchev–Trinajstić information content (AvgIpc) is 3.02. The lowest BCUT2D eigenvalue weighted by Gasteiger charge is -2.32. The predicted octanol–water partition coefficient (Wildman–Crippen LogP) is 9.56. The van der Waals surface area contributed by atoms with E-state index in [1.54, 1.807) is 60.0 Å². The molecule has 1 aliphatic rings. The van der Waals surface area contributed by atoms with Crippen LogP contribution in [0.3, 0.4) is 0 Å². The highest BCUT2D eigenvalue weighted by Gasteiger charge is 2.28. The Morgan fingerprint density at radius 2 is 1.37 bits per heavy atom. The average molecular weight is 782 g/mol. The third kappa shape index (κ3) is 14.7. The third-order valence-electron chi connectivity index (χ3n) is 7.45. The summed E-state index contributed by atoms with van der Waals surface area (Å²) in [6.45, 7) is 19.6. The lowest BCUT2D eigenvalue weighted by molar-refractivity contribution is 0.0352. The summed E-state index contributed by atoms with van der Waals surface area (Å²) in [5.41, 5.74) is 2.61. The van der Waals surface area contributed by atoms with Crippen LogP contribution in [0.4, 0.5) is 20.1 Å². The Kier molecular flexibility index (Phi) is 14.4. The minimum atomic E-state index is -0.809. The molecule has 282 valence electrons. The van der Waals surface area contributed by atoms with Crippen molar-refractivity contribution in [1.29, 1.82) is 0 Å². The first-order valence-corrected chi connectivity index (χ1v) is 18.2. The van der Waals surface area contributed by atoms with Crippen molar-refractivity contribution >= 4 is 45.8 Å². The molecule has 0 unspecified atom stereocenters. The fourth-order valence-corrected chi connectivity index (χ4v) is 5.52. The van der Waals surface area contributed by atoms with E-state index in [1.807, 2.05) is 55.3 Å². The molecule has 0 bridgehead atoms. The fraction of sp³-hybridized carbons (Fsp3) is 0.475. The number of carbonyl (C=O) groups excluding carboxylic acids is 4. The van der Waals surface area contributed by atoms with Crippen LogP contribution in [0.15, 0.2) is 71.5 Å². The Balaban J connectivity index is 0.000000411. The van der Waals surface area contributed by atoms with Crippen LogP contribution < -0.4 is 10.2 Å². The van der Waals surface area contributed by atoms with E-state index in [9.17, 15) is 19.2 Å². The highest BCUT2D eigenvalue weighted by molar-refractivity contribution is 9.10. The van der Waals surface area contributed by atoms with Crippen molar-refractivity contribution in [3.63, 3.8) is 0 Å². The summed E-state index contributed by atoms with van der Waals surface area (Å²) < 4.78 is 16.4. The number of aromatic nitrogens is 1. The molecule has 2 heterocycles.